The van der Waals surface area contributed by atoms with Crippen molar-refractivity contribution in [3.63, 3.8) is 0 Å². The summed E-state index contributed by atoms with van der Waals surface area (Å²) < 4.78 is 9.62. The van der Waals surface area contributed by atoms with Crippen LogP contribution >= 0.6 is 0 Å². The van der Waals surface area contributed by atoms with Crippen LogP contribution in [0.15, 0.2) is 12.2 Å². The zero-order valence-corrected chi connectivity index (χ0v) is 13.3. The standard InChI is InChI=1S/C16H25NO5/c1-3-21-14(18)9-10-15(19)22-11-12(2)17-16(20)13-7-5-4-6-8-13/h9-10,12-13H,3-8,11H2,1-2H3,(H,17,20)/b10-9+/t12-/m0/s1. The van der Waals surface area contributed by atoms with Crippen molar-refractivity contribution in [1.82, 2.24) is 5.32 Å². The van der Waals surface area contributed by atoms with Gasteiger partial charge in [0.15, 0.2) is 0 Å². The molecule has 1 fully saturated rings. The number of esters is 2. The highest BCUT2D eigenvalue weighted by Crippen LogP contribution is 2.23. The lowest BCUT2D eigenvalue weighted by Gasteiger charge is -2.23. The fourth-order valence-electron chi connectivity index (χ4n) is 2.35. The van der Waals surface area contributed by atoms with Gasteiger partial charge in [-0.25, -0.2) is 9.59 Å². The van der Waals surface area contributed by atoms with Gasteiger partial charge < -0.3 is 14.8 Å². The van der Waals surface area contributed by atoms with Crippen LogP contribution in [0.3, 0.4) is 0 Å². The van der Waals surface area contributed by atoms with Crippen molar-refractivity contribution in [2.45, 2.75) is 52.0 Å². The molecule has 0 spiro atoms. The van der Waals surface area contributed by atoms with Crippen molar-refractivity contribution in [3.8, 4) is 0 Å². The van der Waals surface area contributed by atoms with E-state index in [0.717, 1.165) is 37.8 Å². The lowest BCUT2D eigenvalue weighted by atomic mass is 9.88. The molecular weight excluding hydrogens is 286 g/mol. The van der Waals surface area contributed by atoms with E-state index < -0.39 is 11.9 Å². The Morgan fingerprint density at radius 1 is 1.09 bits per heavy atom. The molecule has 1 saturated carbocycles. The minimum atomic E-state index is -0.633. The van der Waals surface area contributed by atoms with E-state index in [1.807, 2.05) is 0 Å². The van der Waals surface area contributed by atoms with Gasteiger partial charge in [-0.3, -0.25) is 4.79 Å². The molecule has 1 amide bonds. The molecule has 1 aliphatic carbocycles. The second-order valence-electron chi connectivity index (χ2n) is 5.46. The third-order valence-corrected chi connectivity index (χ3v) is 3.48. The Balaban J connectivity index is 2.24. The molecule has 0 aliphatic heterocycles. The largest absolute Gasteiger partial charge is 0.463 e. The maximum Gasteiger partial charge on any atom is 0.331 e. The molecule has 0 radical (unpaired) electrons. The molecule has 6 heteroatoms. The Kier molecular flexibility index (Phi) is 8.25. The van der Waals surface area contributed by atoms with E-state index in [1.54, 1.807) is 13.8 Å². The third-order valence-electron chi connectivity index (χ3n) is 3.48. The summed E-state index contributed by atoms with van der Waals surface area (Å²) >= 11 is 0. The quantitative estimate of drug-likeness (QED) is 0.572. The number of ether oxygens (including phenoxy) is 2. The van der Waals surface area contributed by atoms with Gasteiger partial charge in [0, 0.05) is 18.1 Å². The molecule has 0 unspecified atom stereocenters. The van der Waals surface area contributed by atoms with E-state index in [-0.39, 0.29) is 31.1 Å². The van der Waals surface area contributed by atoms with Crippen molar-refractivity contribution in [2.24, 2.45) is 5.92 Å². The molecule has 1 atom stereocenters. The third kappa shape index (κ3) is 7.24. The summed E-state index contributed by atoms with van der Waals surface area (Å²) in [6, 6.07) is -0.255. The fourth-order valence-corrected chi connectivity index (χ4v) is 2.35. The van der Waals surface area contributed by atoms with Gasteiger partial charge >= 0.3 is 11.9 Å². The summed E-state index contributed by atoms with van der Waals surface area (Å²) in [6.07, 6.45) is 7.30. The summed E-state index contributed by atoms with van der Waals surface area (Å²) in [6.45, 7) is 3.79. The molecule has 1 N–H and O–H groups in total. The first-order chi connectivity index (χ1) is 10.5. The van der Waals surface area contributed by atoms with Crippen molar-refractivity contribution in [3.05, 3.63) is 12.2 Å². The summed E-state index contributed by atoms with van der Waals surface area (Å²) in [5.74, 6) is -1.11. The summed E-state index contributed by atoms with van der Waals surface area (Å²) in [5.41, 5.74) is 0. The van der Waals surface area contributed by atoms with Crippen LogP contribution < -0.4 is 5.32 Å². The number of nitrogens with one attached hydrogen (secondary N) is 1. The lowest BCUT2D eigenvalue weighted by Crippen LogP contribution is -2.40. The molecule has 0 bridgehead atoms. The second-order valence-corrected chi connectivity index (χ2v) is 5.46. The van der Waals surface area contributed by atoms with Crippen LogP contribution in [0.1, 0.15) is 46.0 Å². The van der Waals surface area contributed by atoms with Crippen molar-refractivity contribution in [2.75, 3.05) is 13.2 Å². The van der Waals surface area contributed by atoms with Crippen LogP contribution in [0.5, 0.6) is 0 Å². The topological polar surface area (TPSA) is 81.7 Å². The zero-order valence-electron chi connectivity index (χ0n) is 13.3. The van der Waals surface area contributed by atoms with E-state index in [2.05, 4.69) is 10.1 Å². The first kappa shape index (κ1) is 18.2. The van der Waals surface area contributed by atoms with E-state index in [1.165, 1.54) is 6.42 Å². The van der Waals surface area contributed by atoms with Gasteiger partial charge in [-0.1, -0.05) is 19.3 Å². The van der Waals surface area contributed by atoms with Crippen LogP contribution in [0.4, 0.5) is 0 Å². The summed E-state index contributed by atoms with van der Waals surface area (Å²) in [4.78, 5) is 34.5. The van der Waals surface area contributed by atoms with Crippen LogP contribution in [-0.2, 0) is 23.9 Å². The van der Waals surface area contributed by atoms with Gasteiger partial charge in [0.1, 0.15) is 6.61 Å². The highest BCUT2D eigenvalue weighted by Gasteiger charge is 2.22. The van der Waals surface area contributed by atoms with Gasteiger partial charge in [-0.2, -0.15) is 0 Å². The number of carbonyl (C=O) groups excluding carboxylic acids is 3. The smallest absolute Gasteiger partial charge is 0.331 e. The zero-order chi connectivity index (χ0) is 16.4. The highest BCUT2D eigenvalue weighted by molar-refractivity contribution is 5.91. The summed E-state index contributed by atoms with van der Waals surface area (Å²) in [5, 5.41) is 2.86. The maximum absolute atomic E-state index is 12.0. The van der Waals surface area contributed by atoms with E-state index in [9.17, 15) is 14.4 Å². The molecule has 124 valence electrons. The Hall–Kier alpha value is -1.85. The Labute approximate surface area is 131 Å². The first-order valence-electron chi connectivity index (χ1n) is 7.85. The molecule has 0 aromatic rings. The molecule has 22 heavy (non-hydrogen) atoms. The Morgan fingerprint density at radius 3 is 2.27 bits per heavy atom. The molecule has 1 aliphatic rings. The maximum atomic E-state index is 12.0. The van der Waals surface area contributed by atoms with Crippen LogP contribution in [0.25, 0.3) is 0 Å². The molecule has 1 rings (SSSR count). The number of carbonyl (C=O) groups is 3. The first-order valence-corrected chi connectivity index (χ1v) is 7.85. The average Bonchev–Trinajstić information content (AvgIpc) is 2.52. The predicted molar refractivity (Wildman–Crippen MR) is 80.9 cm³/mol. The molecule has 0 saturated heterocycles. The van der Waals surface area contributed by atoms with Gasteiger partial charge in [0.2, 0.25) is 5.91 Å². The lowest BCUT2D eigenvalue weighted by molar-refractivity contribution is -0.141. The van der Waals surface area contributed by atoms with Crippen molar-refractivity contribution in [1.29, 1.82) is 0 Å². The van der Waals surface area contributed by atoms with E-state index >= 15 is 0 Å². The number of hydrogen-bond donors (Lipinski definition) is 1. The molecule has 0 heterocycles. The monoisotopic (exact) mass is 311 g/mol. The molecule has 0 aromatic carbocycles. The predicted octanol–water partition coefficient (Wildman–Crippen LogP) is 1.73. The van der Waals surface area contributed by atoms with Crippen LogP contribution in [0.2, 0.25) is 0 Å². The average molecular weight is 311 g/mol. The van der Waals surface area contributed by atoms with Gasteiger partial charge in [-0.05, 0) is 26.7 Å². The Bertz CT molecular complexity index is 413. The normalized spacial score (nSPS) is 17.0. The second kappa shape index (κ2) is 9.97. The Morgan fingerprint density at radius 2 is 1.68 bits per heavy atom. The van der Waals surface area contributed by atoms with Gasteiger partial charge in [0.25, 0.3) is 0 Å². The molecule has 0 aromatic heterocycles. The number of rotatable bonds is 7. The molecular formula is C16H25NO5. The van der Waals surface area contributed by atoms with Gasteiger partial charge in [-0.15, -0.1) is 0 Å². The summed E-state index contributed by atoms with van der Waals surface area (Å²) in [7, 11) is 0. The fraction of sp³-hybridized carbons (Fsp3) is 0.688. The van der Waals surface area contributed by atoms with Crippen LogP contribution in [0, 0.1) is 5.92 Å². The minimum absolute atomic E-state index is 0.0327. The number of hydrogen-bond acceptors (Lipinski definition) is 5. The van der Waals surface area contributed by atoms with Gasteiger partial charge in [0.05, 0.1) is 12.6 Å². The van der Waals surface area contributed by atoms with Crippen molar-refractivity contribution >= 4 is 17.8 Å². The number of amides is 1. The van der Waals surface area contributed by atoms with Crippen molar-refractivity contribution < 1.29 is 23.9 Å². The highest BCUT2D eigenvalue weighted by atomic mass is 16.5. The van der Waals surface area contributed by atoms with Crippen LogP contribution in [-0.4, -0.2) is 37.1 Å². The SMILES string of the molecule is CCOC(=O)/C=C/C(=O)OC[C@H](C)NC(=O)C1CCCCC1. The van der Waals surface area contributed by atoms with E-state index in [4.69, 9.17) is 4.74 Å². The molecule has 6 nitrogen and oxygen atoms in total. The minimum Gasteiger partial charge on any atom is -0.463 e. The van der Waals surface area contributed by atoms with E-state index in [0.29, 0.717) is 0 Å².